The van der Waals surface area contributed by atoms with Crippen LogP contribution < -0.4 is 9.47 Å². The van der Waals surface area contributed by atoms with Gasteiger partial charge in [0.05, 0.1) is 5.56 Å². The lowest BCUT2D eigenvalue weighted by molar-refractivity contribution is -0.574. The molecule has 272 valence electrons. The Morgan fingerprint density at radius 3 is 2.02 bits per heavy atom. The van der Waals surface area contributed by atoms with Crippen LogP contribution in [0.2, 0.25) is 0 Å². The van der Waals surface area contributed by atoms with Crippen LogP contribution in [0.1, 0.15) is 38.7 Å². The Kier molecular flexibility index (Phi) is 12.2. The lowest BCUT2D eigenvalue weighted by Crippen LogP contribution is -2.46. The highest BCUT2D eigenvalue weighted by Crippen LogP contribution is 2.40. The zero-order valence-corrected chi connectivity index (χ0v) is 25.4. The molecule has 0 spiro atoms. The summed E-state index contributed by atoms with van der Waals surface area (Å²) in [5, 5.41) is 0.240. The molecule has 0 aliphatic carbocycles. The number of esters is 1. The second-order valence-corrected chi connectivity index (χ2v) is 10.3. The first kappa shape index (κ1) is 39.3. The molecule has 0 radical (unpaired) electrons. The van der Waals surface area contributed by atoms with E-state index < -0.39 is 67.4 Å². The summed E-state index contributed by atoms with van der Waals surface area (Å²) in [5.74, 6) is -2.65. The van der Waals surface area contributed by atoms with Crippen LogP contribution in [0.4, 0.5) is 48.3 Å². The highest BCUT2D eigenvalue weighted by molar-refractivity contribution is 5.87. The molecule has 2 aromatic carbocycles. The summed E-state index contributed by atoms with van der Waals surface area (Å²) in [6.45, 7) is 1.71. The predicted octanol–water partition coefficient (Wildman–Crippen LogP) is 9.57. The summed E-state index contributed by atoms with van der Waals surface area (Å²) in [5.41, 5.74) is -0.0896. The molecule has 19 heteroatoms. The number of carbonyl (C=O) groups is 1. The number of furan rings is 1. The number of fused-ring (bicyclic) bond motifs is 1. The number of hydrogen-bond donors (Lipinski definition) is 0. The van der Waals surface area contributed by atoms with E-state index >= 15 is 0 Å². The third-order valence-corrected chi connectivity index (χ3v) is 6.00. The molecule has 3 rings (SSSR count). The molecule has 0 saturated carbocycles. The molecular weight excluding hydrogens is 697 g/mol. The van der Waals surface area contributed by atoms with Gasteiger partial charge in [0, 0.05) is 17.0 Å². The average Bonchev–Trinajstić information content (AvgIpc) is 3.35. The van der Waals surface area contributed by atoms with Gasteiger partial charge in [-0.15, -0.1) is 30.7 Å². The molecule has 0 saturated heterocycles. The zero-order chi connectivity index (χ0) is 36.8. The van der Waals surface area contributed by atoms with E-state index in [-0.39, 0.29) is 22.3 Å². The van der Waals surface area contributed by atoms with Crippen molar-refractivity contribution in [1.29, 1.82) is 0 Å². The van der Waals surface area contributed by atoms with Gasteiger partial charge in [0.25, 0.3) is 0 Å². The molecular formula is C30H27F11O8. The summed E-state index contributed by atoms with van der Waals surface area (Å²) in [6, 6.07) is 8.62. The van der Waals surface area contributed by atoms with Gasteiger partial charge >= 0.3 is 37.1 Å². The SMILES string of the molecule is C=C(C)C(=O)OCC(F)(F)OC(F)(F)OC(F)(F)OC(F)(F)COc1ccc2cc(-c3ccc(CCCCC)cc3OC(F)(F)F)oc2c1. The van der Waals surface area contributed by atoms with Gasteiger partial charge in [-0.05, 0) is 55.7 Å². The Balaban J connectivity index is 1.69. The molecule has 0 amide bonds. The van der Waals surface area contributed by atoms with E-state index in [2.05, 4.69) is 35.0 Å². The Morgan fingerprint density at radius 1 is 0.796 bits per heavy atom. The topological polar surface area (TPSA) is 85.6 Å². The van der Waals surface area contributed by atoms with E-state index in [4.69, 9.17) is 4.42 Å². The summed E-state index contributed by atoms with van der Waals surface area (Å²) < 4.78 is 176. The highest BCUT2D eigenvalue weighted by atomic mass is 19.4. The highest BCUT2D eigenvalue weighted by Gasteiger charge is 2.57. The minimum atomic E-state index is -5.96. The molecule has 3 aromatic rings. The van der Waals surface area contributed by atoms with Crippen LogP contribution in [0.3, 0.4) is 0 Å². The minimum Gasteiger partial charge on any atom is -0.484 e. The van der Waals surface area contributed by atoms with Crippen molar-refractivity contribution in [1.82, 2.24) is 0 Å². The van der Waals surface area contributed by atoms with Gasteiger partial charge in [0.2, 0.25) is 0 Å². The maximum atomic E-state index is 14.1. The largest absolute Gasteiger partial charge is 0.573 e. The molecule has 0 atom stereocenters. The molecule has 8 nitrogen and oxygen atoms in total. The number of ether oxygens (including phenoxy) is 6. The number of aryl methyl sites for hydroxylation is 1. The van der Waals surface area contributed by atoms with Crippen LogP contribution in [0.5, 0.6) is 11.5 Å². The summed E-state index contributed by atoms with van der Waals surface area (Å²) in [7, 11) is 0. The fourth-order valence-electron chi connectivity index (χ4n) is 3.97. The van der Waals surface area contributed by atoms with E-state index in [1.165, 1.54) is 24.3 Å². The Hall–Kier alpha value is -4.10. The Labute approximate surface area is 270 Å². The van der Waals surface area contributed by atoms with E-state index in [0.29, 0.717) is 12.0 Å². The number of benzene rings is 2. The number of rotatable bonds is 18. The number of carbonyl (C=O) groups excluding carboxylic acids is 1. The van der Waals surface area contributed by atoms with Crippen molar-refractivity contribution >= 4 is 16.9 Å². The molecule has 0 fully saturated rings. The first-order valence-electron chi connectivity index (χ1n) is 14.0. The van der Waals surface area contributed by atoms with Gasteiger partial charge in [-0.25, -0.2) is 19.0 Å². The average molecular weight is 725 g/mol. The molecule has 1 heterocycles. The van der Waals surface area contributed by atoms with Gasteiger partial charge in [0.15, 0.2) is 13.2 Å². The van der Waals surface area contributed by atoms with Gasteiger partial charge in [0.1, 0.15) is 22.8 Å². The van der Waals surface area contributed by atoms with Gasteiger partial charge < -0.3 is 18.6 Å². The van der Waals surface area contributed by atoms with E-state index in [1.807, 2.05) is 6.92 Å². The second kappa shape index (κ2) is 15.2. The summed E-state index contributed by atoms with van der Waals surface area (Å²) >= 11 is 0. The maximum Gasteiger partial charge on any atom is 0.573 e. The fraction of sp³-hybridized carbons (Fsp3) is 0.433. The van der Waals surface area contributed by atoms with Crippen molar-refractivity contribution < 1.29 is 85.9 Å². The smallest absolute Gasteiger partial charge is 0.484 e. The van der Waals surface area contributed by atoms with Crippen LogP contribution in [0, 0.1) is 0 Å². The van der Waals surface area contributed by atoms with Crippen molar-refractivity contribution in [2.75, 3.05) is 13.2 Å². The minimum absolute atomic E-state index is 0.108. The monoisotopic (exact) mass is 724 g/mol. The van der Waals surface area contributed by atoms with Gasteiger partial charge in [-0.3, -0.25) is 0 Å². The molecule has 0 aliphatic rings. The second-order valence-electron chi connectivity index (χ2n) is 10.3. The quantitative estimate of drug-likeness (QED) is 0.0422. The molecule has 0 unspecified atom stereocenters. The van der Waals surface area contributed by atoms with Crippen LogP contribution in [-0.2, 0) is 30.2 Å². The zero-order valence-electron chi connectivity index (χ0n) is 25.4. The van der Waals surface area contributed by atoms with Crippen molar-refractivity contribution in [2.24, 2.45) is 0 Å². The van der Waals surface area contributed by atoms with Crippen LogP contribution in [0.25, 0.3) is 22.3 Å². The molecule has 0 bridgehead atoms. The van der Waals surface area contributed by atoms with Crippen LogP contribution in [-0.4, -0.2) is 50.4 Å². The van der Waals surface area contributed by atoms with Crippen molar-refractivity contribution in [3.8, 4) is 22.8 Å². The number of halogens is 11. The van der Waals surface area contributed by atoms with E-state index in [0.717, 1.165) is 38.3 Å². The molecule has 49 heavy (non-hydrogen) atoms. The van der Waals surface area contributed by atoms with Gasteiger partial charge in [-0.1, -0.05) is 32.4 Å². The number of unbranched alkanes of at least 4 members (excludes halogenated alkanes) is 2. The fourth-order valence-corrected chi connectivity index (χ4v) is 3.97. The van der Waals surface area contributed by atoms with Crippen molar-refractivity contribution in [3.05, 3.63) is 60.2 Å². The van der Waals surface area contributed by atoms with E-state index in [9.17, 15) is 53.1 Å². The lowest BCUT2D eigenvalue weighted by Gasteiger charge is -2.27. The molecule has 0 aliphatic heterocycles. The van der Waals surface area contributed by atoms with Gasteiger partial charge in [-0.2, -0.15) is 17.6 Å². The van der Waals surface area contributed by atoms with Crippen molar-refractivity contribution in [2.45, 2.75) is 70.7 Å². The van der Waals surface area contributed by atoms with Crippen molar-refractivity contribution in [3.63, 3.8) is 0 Å². The molecule has 1 aromatic heterocycles. The summed E-state index contributed by atoms with van der Waals surface area (Å²) in [6.07, 6.45) is -24.3. The first-order valence-corrected chi connectivity index (χ1v) is 14.0. The third-order valence-electron chi connectivity index (χ3n) is 6.00. The van der Waals surface area contributed by atoms with Crippen LogP contribution in [0.15, 0.2) is 59.0 Å². The summed E-state index contributed by atoms with van der Waals surface area (Å²) in [4.78, 5) is 11.1. The lowest BCUT2D eigenvalue weighted by atomic mass is 10.0. The number of alkyl halides is 11. The molecule has 0 N–H and O–H groups in total. The Morgan fingerprint density at radius 2 is 1.43 bits per heavy atom. The van der Waals surface area contributed by atoms with Crippen LogP contribution >= 0.6 is 0 Å². The first-order chi connectivity index (χ1) is 22.5. The maximum absolute atomic E-state index is 14.1. The third kappa shape index (κ3) is 12.7. The number of hydrogen-bond acceptors (Lipinski definition) is 8. The van der Waals surface area contributed by atoms with E-state index in [1.54, 1.807) is 6.07 Å². The Bertz CT molecular complexity index is 1600. The predicted molar refractivity (Wildman–Crippen MR) is 146 cm³/mol. The normalized spacial score (nSPS) is 13.1. The standard InChI is InChI=1S/C30H27F11O8/c1-4-5-6-7-18-8-11-21(24(12-18)46-28(35,36)37)23-13-19-9-10-20(14-22(19)45-23)43-15-26(31,32)47-29(38,39)49-30(40,41)48-27(33,34)16-44-25(42)17(2)3/h8-14H,2,4-7,15-16H2,1,3H3.